The summed E-state index contributed by atoms with van der Waals surface area (Å²) in [7, 11) is 0. The minimum atomic E-state index is 0.297. The molecule has 0 aromatic carbocycles. The van der Waals surface area contributed by atoms with Gasteiger partial charge in [0, 0.05) is 64.4 Å². The fourth-order valence-corrected chi connectivity index (χ4v) is 5.08. The van der Waals surface area contributed by atoms with E-state index in [9.17, 15) is 0 Å². The molecule has 182 valence electrons. The number of anilines is 2. The first-order valence-corrected chi connectivity index (χ1v) is 12.5. The molecule has 3 saturated heterocycles. The van der Waals surface area contributed by atoms with Crippen molar-refractivity contribution in [2.24, 2.45) is 0 Å². The number of nitrogens with one attached hydrogen (secondary N) is 1. The normalized spacial score (nSPS) is 21.8. The van der Waals surface area contributed by atoms with Crippen LogP contribution >= 0.6 is 0 Å². The summed E-state index contributed by atoms with van der Waals surface area (Å²) in [4.78, 5) is 22.0. The molecule has 10 heteroatoms. The van der Waals surface area contributed by atoms with Gasteiger partial charge in [-0.15, -0.1) is 0 Å². The minimum absolute atomic E-state index is 0.297. The zero-order valence-corrected chi connectivity index (χ0v) is 20.1. The van der Waals surface area contributed by atoms with Crippen molar-refractivity contribution in [2.75, 3.05) is 89.0 Å². The maximum absolute atomic E-state index is 5.53. The average molecular weight is 459 g/mol. The van der Waals surface area contributed by atoms with Gasteiger partial charge in [-0.1, -0.05) is 0 Å². The number of hydrogen-bond acceptors (Lipinski definition) is 9. The third-order valence-electron chi connectivity index (χ3n) is 7.10. The van der Waals surface area contributed by atoms with Gasteiger partial charge in [-0.3, -0.25) is 9.80 Å². The van der Waals surface area contributed by atoms with Gasteiger partial charge < -0.3 is 24.3 Å². The number of morpholine rings is 2. The third kappa shape index (κ3) is 5.24. The van der Waals surface area contributed by atoms with Crippen LogP contribution in [0.5, 0.6) is 0 Å². The maximum atomic E-state index is 5.53. The molecule has 2 aromatic heterocycles. The second-order valence-corrected chi connectivity index (χ2v) is 9.54. The summed E-state index contributed by atoms with van der Waals surface area (Å²) in [6.45, 7) is 15.6. The monoisotopic (exact) mass is 458 g/mol. The summed E-state index contributed by atoms with van der Waals surface area (Å²) in [6.07, 6.45) is 4.18. The highest BCUT2D eigenvalue weighted by Gasteiger charge is 2.28. The van der Waals surface area contributed by atoms with Gasteiger partial charge >= 0.3 is 0 Å². The van der Waals surface area contributed by atoms with Gasteiger partial charge in [-0.25, -0.2) is 4.98 Å². The molecule has 0 spiro atoms. The van der Waals surface area contributed by atoms with E-state index in [1.165, 1.54) is 0 Å². The maximum Gasteiger partial charge on any atom is 0.229 e. The van der Waals surface area contributed by atoms with Gasteiger partial charge in [-0.05, 0) is 26.7 Å². The Labute approximate surface area is 196 Å². The lowest BCUT2D eigenvalue weighted by atomic mass is 10.0. The van der Waals surface area contributed by atoms with Crippen molar-refractivity contribution < 1.29 is 9.47 Å². The van der Waals surface area contributed by atoms with E-state index in [1.54, 1.807) is 0 Å². The Morgan fingerprint density at radius 2 is 1.67 bits per heavy atom. The molecule has 0 radical (unpaired) electrons. The number of nitrogens with zero attached hydrogens (tertiary/aromatic N) is 7. The van der Waals surface area contributed by atoms with Crippen LogP contribution in [-0.4, -0.2) is 114 Å². The zero-order chi connectivity index (χ0) is 22.6. The predicted octanol–water partition coefficient (Wildman–Crippen LogP) is 1.45. The van der Waals surface area contributed by atoms with E-state index < -0.39 is 0 Å². The molecule has 3 aliphatic rings. The molecule has 10 nitrogen and oxygen atoms in total. The molecule has 0 aliphatic carbocycles. The van der Waals surface area contributed by atoms with Crippen molar-refractivity contribution in [2.45, 2.75) is 38.8 Å². The summed E-state index contributed by atoms with van der Waals surface area (Å²) in [5, 5.41) is 3.57. The predicted molar refractivity (Wildman–Crippen MR) is 129 cm³/mol. The van der Waals surface area contributed by atoms with Gasteiger partial charge in [0.15, 0.2) is 17.0 Å². The van der Waals surface area contributed by atoms with Gasteiger partial charge in [0.25, 0.3) is 0 Å². The molecule has 0 saturated carbocycles. The zero-order valence-electron chi connectivity index (χ0n) is 20.1. The quantitative estimate of drug-likeness (QED) is 0.663. The highest BCUT2D eigenvalue weighted by Crippen LogP contribution is 2.27. The van der Waals surface area contributed by atoms with Crippen LogP contribution in [0.1, 0.15) is 32.7 Å². The number of fused-ring (bicyclic) bond motifs is 1. The summed E-state index contributed by atoms with van der Waals surface area (Å²) < 4.78 is 13.1. The lowest BCUT2D eigenvalue weighted by molar-refractivity contribution is 0.0114. The molecular weight excluding hydrogens is 420 g/mol. The lowest BCUT2D eigenvalue weighted by Crippen LogP contribution is -2.49. The second kappa shape index (κ2) is 10.5. The van der Waals surface area contributed by atoms with E-state index in [0.29, 0.717) is 12.1 Å². The Kier molecular flexibility index (Phi) is 7.24. The minimum Gasteiger partial charge on any atom is -0.379 e. The van der Waals surface area contributed by atoms with E-state index in [0.717, 1.165) is 115 Å². The van der Waals surface area contributed by atoms with Gasteiger partial charge in [-0.2, -0.15) is 9.97 Å². The van der Waals surface area contributed by atoms with Crippen LogP contribution in [0.3, 0.4) is 0 Å². The SMILES string of the molecule is CC(C)n1cnc2c(NCCN3CCOCC3)nc(N3CCC(N4CCOCC4)CC3)nc21. The molecule has 0 bridgehead atoms. The lowest BCUT2D eigenvalue weighted by Gasteiger charge is -2.40. The number of piperidine rings is 1. The fourth-order valence-electron chi connectivity index (χ4n) is 5.08. The topological polar surface area (TPSA) is 83.8 Å². The van der Waals surface area contributed by atoms with E-state index in [4.69, 9.17) is 19.4 Å². The first kappa shape index (κ1) is 22.8. The van der Waals surface area contributed by atoms with Crippen molar-refractivity contribution in [1.29, 1.82) is 0 Å². The molecule has 0 unspecified atom stereocenters. The molecule has 33 heavy (non-hydrogen) atoms. The molecule has 3 fully saturated rings. The Balaban J connectivity index is 1.30. The summed E-state index contributed by atoms with van der Waals surface area (Å²) >= 11 is 0. The number of imidazole rings is 1. The Morgan fingerprint density at radius 3 is 2.36 bits per heavy atom. The van der Waals surface area contributed by atoms with Crippen LogP contribution in [0.25, 0.3) is 11.2 Å². The van der Waals surface area contributed by atoms with Crippen LogP contribution in [0, 0.1) is 0 Å². The van der Waals surface area contributed by atoms with Gasteiger partial charge in [0.1, 0.15) is 0 Å². The van der Waals surface area contributed by atoms with Crippen molar-refractivity contribution in [3.63, 3.8) is 0 Å². The Bertz CT molecular complexity index is 899. The fraction of sp³-hybridized carbons (Fsp3) is 0.783. The van der Waals surface area contributed by atoms with Crippen LogP contribution in [0.4, 0.5) is 11.8 Å². The van der Waals surface area contributed by atoms with Crippen LogP contribution in [-0.2, 0) is 9.47 Å². The number of hydrogen-bond donors (Lipinski definition) is 1. The first-order valence-electron chi connectivity index (χ1n) is 12.5. The van der Waals surface area contributed by atoms with E-state index >= 15 is 0 Å². The molecular formula is C23H38N8O2. The Hall–Kier alpha value is -2.01. The number of rotatable bonds is 7. The molecule has 0 atom stereocenters. The van der Waals surface area contributed by atoms with Gasteiger partial charge in [0.2, 0.25) is 5.95 Å². The van der Waals surface area contributed by atoms with E-state index in [2.05, 4.69) is 43.4 Å². The summed E-state index contributed by atoms with van der Waals surface area (Å²) in [5.41, 5.74) is 1.77. The molecule has 3 aliphatic heterocycles. The number of aromatic nitrogens is 4. The van der Waals surface area contributed by atoms with Crippen LogP contribution < -0.4 is 10.2 Å². The largest absolute Gasteiger partial charge is 0.379 e. The van der Waals surface area contributed by atoms with Crippen LogP contribution in [0.2, 0.25) is 0 Å². The summed E-state index contributed by atoms with van der Waals surface area (Å²) in [6, 6.07) is 0.937. The smallest absolute Gasteiger partial charge is 0.229 e. The molecule has 5 rings (SSSR count). The van der Waals surface area contributed by atoms with Gasteiger partial charge in [0.05, 0.1) is 32.8 Å². The van der Waals surface area contributed by atoms with E-state index in [-0.39, 0.29) is 0 Å². The molecule has 1 N–H and O–H groups in total. The van der Waals surface area contributed by atoms with Crippen molar-refractivity contribution in [3.8, 4) is 0 Å². The standard InChI is InChI=1S/C23H38N8O2/c1-18(2)31-17-25-20-21(24-5-8-28-9-13-32-14-10-28)26-23(27-22(20)31)30-6-3-19(4-7-30)29-11-15-33-16-12-29/h17-19H,3-16H2,1-2H3,(H,24,26,27). The van der Waals surface area contributed by atoms with Crippen molar-refractivity contribution >= 4 is 22.9 Å². The van der Waals surface area contributed by atoms with Crippen molar-refractivity contribution in [3.05, 3.63) is 6.33 Å². The van der Waals surface area contributed by atoms with E-state index in [1.807, 2.05) is 6.33 Å². The first-order chi connectivity index (χ1) is 16.2. The highest BCUT2D eigenvalue weighted by atomic mass is 16.5. The molecule has 0 amide bonds. The molecule has 5 heterocycles. The van der Waals surface area contributed by atoms with Crippen molar-refractivity contribution in [1.82, 2.24) is 29.3 Å². The third-order valence-corrected chi connectivity index (χ3v) is 7.10. The Morgan fingerprint density at radius 1 is 0.970 bits per heavy atom. The summed E-state index contributed by atoms with van der Waals surface area (Å²) in [5.74, 6) is 1.66. The highest BCUT2D eigenvalue weighted by molar-refractivity contribution is 5.84. The number of ether oxygens (including phenoxy) is 2. The second-order valence-electron chi connectivity index (χ2n) is 9.54. The molecule has 2 aromatic rings. The average Bonchev–Trinajstić information content (AvgIpc) is 3.30. The van der Waals surface area contributed by atoms with Crippen LogP contribution in [0.15, 0.2) is 6.33 Å².